The van der Waals surface area contributed by atoms with Crippen molar-refractivity contribution in [1.82, 2.24) is 0 Å². The molecule has 0 unspecified atom stereocenters. The molecule has 0 aromatic rings. The van der Waals surface area contributed by atoms with E-state index in [1.807, 2.05) is 0 Å². The fourth-order valence-corrected chi connectivity index (χ4v) is 3.07. The van der Waals surface area contributed by atoms with E-state index in [1.54, 1.807) is 0 Å². The molecule has 54 heavy (non-hydrogen) atoms. The van der Waals surface area contributed by atoms with Gasteiger partial charge in [0.15, 0.2) is 0 Å². The fraction of sp³-hybridized carbons (Fsp3) is 1.00. The zero-order chi connectivity index (χ0) is 45.2. The zero-order valence-electron chi connectivity index (χ0n) is 22.9. The SMILES string of the molecule is OCC(F)(F)C(F)(F)C(F)(F)C(F)(F)C(F)(F)C(F)(F)C(F)(F)C(F)(F)C(F)(F)C(F)(F)C(F)(F)C(F)(F)C(F)(F)C(F)(F)C(F)(F)C(F)(F)C(F)(F)F. The van der Waals surface area contributed by atoms with E-state index < -0.39 is 108 Å². The summed E-state index contributed by atoms with van der Waals surface area (Å²) in [5.41, 5.74) is 0. The highest BCUT2D eigenvalue weighted by atomic mass is 19.4. The van der Waals surface area contributed by atoms with Crippen molar-refractivity contribution in [3.63, 3.8) is 0 Å². The molecule has 0 saturated heterocycles. The average Bonchev–Trinajstić information content (AvgIpc) is 2.94. The van der Waals surface area contributed by atoms with E-state index in [2.05, 4.69) is 0 Å². The van der Waals surface area contributed by atoms with Gasteiger partial charge in [-0.25, -0.2) is 0 Å². The van der Waals surface area contributed by atoms with Crippen molar-refractivity contribution < 1.29 is 159 Å². The summed E-state index contributed by atoms with van der Waals surface area (Å²) in [6.45, 7) is -3.96. The van der Waals surface area contributed by atoms with E-state index in [-0.39, 0.29) is 0 Å². The number of hydrogen-bond donors (Lipinski definition) is 1. The van der Waals surface area contributed by atoms with Gasteiger partial charge in [-0.3, -0.25) is 0 Å². The first-order valence-corrected chi connectivity index (χ1v) is 11.3. The smallest absolute Gasteiger partial charge is 0.390 e. The molecular weight excluding hydrogens is 897 g/mol. The van der Waals surface area contributed by atoms with Gasteiger partial charge in [0.2, 0.25) is 0 Å². The van der Waals surface area contributed by atoms with E-state index in [0.717, 1.165) is 0 Å². The topological polar surface area (TPSA) is 20.2 Å². The molecule has 0 rings (SSSR count). The van der Waals surface area contributed by atoms with Crippen molar-refractivity contribution in [3.05, 3.63) is 0 Å². The maximum atomic E-state index is 13.8. The van der Waals surface area contributed by atoms with Crippen LogP contribution in [-0.4, -0.2) is 113 Å². The quantitative estimate of drug-likeness (QED) is 0.153. The fourth-order valence-electron chi connectivity index (χ4n) is 3.07. The van der Waals surface area contributed by atoms with Gasteiger partial charge in [0.05, 0.1) is 0 Å². The van der Waals surface area contributed by atoms with Crippen molar-refractivity contribution >= 4 is 0 Å². The van der Waals surface area contributed by atoms with E-state index in [1.165, 1.54) is 0 Å². The van der Waals surface area contributed by atoms with Gasteiger partial charge in [-0.2, -0.15) is 154 Å². The molecule has 0 radical (unpaired) electrons. The van der Waals surface area contributed by atoms with Crippen LogP contribution in [0.4, 0.5) is 154 Å². The lowest BCUT2D eigenvalue weighted by Crippen LogP contribution is -2.80. The summed E-state index contributed by atoms with van der Waals surface area (Å²) < 4.78 is 468. The molecular formula is C18H3F35O. The van der Waals surface area contributed by atoms with Crippen LogP contribution in [0.25, 0.3) is 0 Å². The molecule has 0 aliphatic rings. The van der Waals surface area contributed by atoms with E-state index in [9.17, 15) is 154 Å². The van der Waals surface area contributed by atoms with Crippen LogP contribution in [0.2, 0.25) is 0 Å². The number of rotatable bonds is 16. The molecule has 1 nitrogen and oxygen atoms in total. The second-order valence-electron chi connectivity index (χ2n) is 9.98. The highest BCUT2D eigenvalue weighted by Crippen LogP contribution is 2.70. The second-order valence-corrected chi connectivity index (χ2v) is 9.98. The van der Waals surface area contributed by atoms with E-state index >= 15 is 0 Å². The Balaban J connectivity index is 7.79. The van der Waals surface area contributed by atoms with Gasteiger partial charge >= 0.3 is 101 Å². The Morgan fingerprint density at radius 2 is 0.296 bits per heavy atom. The Hall–Kier alpha value is -2.49. The summed E-state index contributed by atoms with van der Waals surface area (Å²) in [5, 5.41) is 7.81. The van der Waals surface area contributed by atoms with Crippen molar-refractivity contribution in [2.75, 3.05) is 6.61 Å². The van der Waals surface area contributed by atoms with Crippen molar-refractivity contribution in [3.8, 4) is 0 Å². The Labute approximate surface area is 268 Å². The van der Waals surface area contributed by atoms with Gasteiger partial charge in [0, 0.05) is 0 Å². The summed E-state index contributed by atoms with van der Waals surface area (Å²) in [6, 6.07) is 0. The number of aliphatic hydroxyl groups is 1. The Morgan fingerprint density at radius 1 is 0.185 bits per heavy atom. The molecule has 0 atom stereocenters. The second kappa shape index (κ2) is 12.3. The summed E-state index contributed by atoms with van der Waals surface area (Å²) >= 11 is 0. The van der Waals surface area contributed by atoms with Crippen LogP contribution in [0, 0.1) is 0 Å². The predicted octanol–water partition coefficient (Wildman–Crippen LogP) is 10.7. The highest BCUT2D eigenvalue weighted by Gasteiger charge is 3.02. The normalized spacial score (nSPS) is 17.3. The summed E-state index contributed by atoms with van der Waals surface area (Å²) in [4.78, 5) is 0. The molecule has 0 aliphatic heterocycles. The molecule has 0 saturated carbocycles. The Kier molecular flexibility index (Phi) is 11.7. The zero-order valence-corrected chi connectivity index (χ0v) is 22.9. The third-order valence-corrected chi connectivity index (χ3v) is 6.53. The summed E-state index contributed by atoms with van der Waals surface area (Å²) in [5.74, 6) is -154. The molecule has 0 aliphatic carbocycles. The van der Waals surface area contributed by atoms with Gasteiger partial charge in [0.1, 0.15) is 6.61 Å². The minimum Gasteiger partial charge on any atom is -0.390 e. The van der Waals surface area contributed by atoms with Gasteiger partial charge < -0.3 is 5.11 Å². The molecule has 326 valence electrons. The van der Waals surface area contributed by atoms with Crippen LogP contribution in [0.15, 0.2) is 0 Å². The molecule has 0 spiro atoms. The third-order valence-electron chi connectivity index (χ3n) is 6.53. The van der Waals surface area contributed by atoms with Gasteiger partial charge in [-0.05, 0) is 0 Å². The van der Waals surface area contributed by atoms with Crippen LogP contribution < -0.4 is 0 Å². The molecule has 0 bridgehead atoms. The van der Waals surface area contributed by atoms with Crippen molar-refractivity contribution in [2.45, 2.75) is 101 Å². The lowest BCUT2D eigenvalue weighted by atomic mass is 9.82. The molecule has 0 heterocycles. The van der Waals surface area contributed by atoms with Crippen molar-refractivity contribution in [1.29, 1.82) is 0 Å². The number of aliphatic hydroxyl groups excluding tert-OH is 1. The van der Waals surface area contributed by atoms with Crippen LogP contribution in [0.5, 0.6) is 0 Å². The summed E-state index contributed by atoms with van der Waals surface area (Å²) in [6.07, 6.45) is -8.43. The largest absolute Gasteiger partial charge is 0.460 e. The number of hydrogen-bond acceptors (Lipinski definition) is 1. The Bertz CT molecular complexity index is 1360. The number of alkyl halides is 35. The van der Waals surface area contributed by atoms with Crippen LogP contribution >= 0.6 is 0 Å². The monoisotopic (exact) mass is 900 g/mol. The van der Waals surface area contributed by atoms with Gasteiger partial charge in [-0.1, -0.05) is 0 Å². The van der Waals surface area contributed by atoms with Gasteiger partial charge in [-0.15, -0.1) is 0 Å². The number of halogens is 35. The standard InChI is InChI=1S/C18H3F35O/c19-2(20,1-54)3(21,22)4(23,24)5(25,26)6(27,28)7(29,30)8(31,32)9(33,34)10(35,36)11(37,38)12(39,40)13(41,42)14(43,44)15(45,46)16(47,48)17(49,50)18(51,52)53/h54H,1H2. The minimum absolute atomic E-state index is 3.96. The average molecular weight is 900 g/mol. The maximum Gasteiger partial charge on any atom is 0.460 e. The molecule has 36 heteroatoms. The Morgan fingerprint density at radius 3 is 0.407 bits per heavy atom. The molecule has 0 amide bonds. The minimum atomic E-state index is -10.3. The lowest BCUT2D eigenvalue weighted by Gasteiger charge is -2.47. The van der Waals surface area contributed by atoms with Gasteiger partial charge in [0.25, 0.3) is 0 Å². The first-order chi connectivity index (χ1) is 22.6. The first kappa shape index (κ1) is 51.5. The highest BCUT2D eigenvalue weighted by molar-refractivity contribution is 5.22. The third kappa shape index (κ3) is 5.58. The van der Waals surface area contributed by atoms with Crippen LogP contribution in [0.3, 0.4) is 0 Å². The molecule has 0 fully saturated rings. The molecule has 0 aromatic carbocycles. The predicted molar refractivity (Wildman–Crippen MR) is 92.3 cm³/mol. The van der Waals surface area contributed by atoms with Crippen molar-refractivity contribution in [2.24, 2.45) is 0 Å². The van der Waals surface area contributed by atoms with Crippen LogP contribution in [-0.2, 0) is 0 Å². The summed E-state index contributed by atoms with van der Waals surface area (Å²) in [7, 11) is 0. The molecule has 0 aromatic heterocycles. The van der Waals surface area contributed by atoms with E-state index in [4.69, 9.17) is 5.11 Å². The molecule has 1 N–H and O–H groups in total. The maximum absolute atomic E-state index is 13.8. The van der Waals surface area contributed by atoms with E-state index in [0.29, 0.717) is 0 Å². The first-order valence-electron chi connectivity index (χ1n) is 11.3. The lowest BCUT2D eigenvalue weighted by molar-refractivity contribution is -0.492. The van der Waals surface area contributed by atoms with Crippen LogP contribution in [0.1, 0.15) is 0 Å².